The van der Waals surface area contributed by atoms with Crippen molar-refractivity contribution >= 4 is 11.3 Å². The second-order valence-electron chi connectivity index (χ2n) is 6.84. The van der Waals surface area contributed by atoms with Crippen molar-refractivity contribution in [3.8, 4) is 0 Å². The zero-order valence-electron chi connectivity index (χ0n) is 14.2. The highest BCUT2D eigenvalue weighted by Gasteiger charge is 2.18. The minimum absolute atomic E-state index is 0.782. The first-order valence-electron chi connectivity index (χ1n) is 8.72. The van der Waals surface area contributed by atoms with Crippen LogP contribution in [0.5, 0.6) is 0 Å². The summed E-state index contributed by atoms with van der Waals surface area (Å²) in [4.78, 5) is 7.42. The van der Waals surface area contributed by atoms with E-state index in [9.17, 15) is 0 Å². The number of rotatable bonds is 4. The SMILES string of the molecule is Cc1cccc(Cc2nc3ccc(N)cn3c2CN2CCCC2)c1. The van der Waals surface area contributed by atoms with Gasteiger partial charge in [0, 0.05) is 24.8 Å². The van der Waals surface area contributed by atoms with Crippen LogP contribution in [-0.4, -0.2) is 27.4 Å². The number of nitrogens with two attached hydrogens (primary N) is 1. The molecule has 1 saturated heterocycles. The standard InChI is InChI=1S/C20H24N4/c1-15-5-4-6-16(11-15)12-18-19(14-23-9-2-3-10-23)24-13-17(21)7-8-20(24)22-18/h4-8,11,13H,2-3,9-10,12,14,21H2,1H3. The van der Waals surface area contributed by atoms with Crippen molar-refractivity contribution in [2.24, 2.45) is 0 Å². The summed E-state index contributed by atoms with van der Waals surface area (Å²) in [7, 11) is 0. The number of nitrogen functional groups attached to an aromatic ring is 1. The van der Waals surface area contributed by atoms with Crippen LogP contribution in [0.4, 0.5) is 5.69 Å². The zero-order valence-corrected chi connectivity index (χ0v) is 14.2. The fourth-order valence-electron chi connectivity index (χ4n) is 3.64. The molecule has 0 aliphatic carbocycles. The second-order valence-corrected chi connectivity index (χ2v) is 6.84. The molecule has 0 radical (unpaired) electrons. The van der Waals surface area contributed by atoms with Gasteiger partial charge in [-0.2, -0.15) is 0 Å². The third kappa shape index (κ3) is 3.02. The average molecular weight is 320 g/mol. The van der Waals surface area contributed by atoms with Crippen molar-refractivity contribution < 1.29 is 0 Å². The first kappa shape index (κ1) is 15.2. The Morgan fingerprint density at radius 1 is 1.12 bits per heavy atom. The molecule has 3 heterocycles. The van der Waals surface area contributed by atoms with Gasteiger partial charge in [0.2, 0.25) is 0 Å². The number of hydrogen-bond acceptors (Lipinski definition) is 3. The van der Waals surface area contributed by atoms with Crippen LogP contribution < -0.4 is 5.73 Å². The fourth-order valence-corrected chi connectivity index (χ4v) is 3.64. The van der Waals surface area contributed by atoms with Crippen molar-refractivity contribution in [1.82, 2.24) is 14.3 Å². The number of benzene rings is 1. The summed E-state index contributed by atoms with van der Waals surface area (Å²) in [5.74, 6) is 0. The van der Waals surface area contributed by atoms with E-state index in [2.05, 4.69) is 40.5 Å². The second kappa shape index (κ2) is 6.29. The van der Waals surface area contributed by atoms with Gasteiger partial charge in [-0.1, -0.05) is 29.8 Å². The Balaban J connectivity index is 1.74. The van der Waals surface area contributed by atoms with Crippen molar-refractivity contribution in [2.75, 3.05) is 18.8 Å². The van der Waals surface area contributed by atoms with Crippen LogP contribution >= 0.6 is 0 Å². The van der Waals surface area contributed by atoms with E-state index in [-0.39, 0.29) is 0 Å². The molecule has 4 nitrogen and oxygen atoms in total. The monoisotopic (exact) mass is 320 g/mol. The van der Waals surface area contributed by atoms with E-state index in [1.54, 1.807) is 0 Å². The molecule has 0 saturated carbocycles. The number of aromatic nitrogens is 2. The van der Waals surface area contributed by atoms with Gasteiger partial charge < -0.3 is 10.1 Å². The number of aryl methyl sites for hydroxylation is 1. The number of imidazole rings is 1. The summed E-state index contributed by atoms with van der Waals surface area (Å²) in [6.45, 7) is 5.45. The predicted octanol–water partition coefficient (Wildman–Crippen LogP) is 3.41. The Kier molecular flexibility index (Phi) is 3.98. The van der Waals surface area contributed by atoms with Crippen molar-refractivity contribution in [3.63, 3.8) is 0 Å². The first-order valence-corrected chi connectivity index (χ1v) is 8.72. The highest BCUT2D eigenvalue weighted by atomic mass is 15.2. The Morgan fingerprint density at radius 2 is 1.96 bits per heavy atom. The maximum atomic E-state index is 6.02. The molecule has 0 bridgehead atoms. The van der Waals surface area contributed by atoms with Crippen molar-refractivity contribution in [3.05, 3.63) is 65.1 Å². The maximum Gasteiger partial charge on any atom is 0.137 e. The van der Waals surface area contributed by atoms with Gasteiger partial charge >= 0.3 is 0 Å². The molecule has 2 N–H and O–H groups in total. The predicted molar refractivity (Wildman–Crippen MR) is 98.1 cm³/mol. The summed E-state index contributed by atoms with van der Waals surface area (Å²) in [6, 6.07) is 12.6. The van der Waals surface area contributed by atoms with Crippen LogP contribution in [0.25, 0.3) is 5.65 Å². The molecule has 124 valence electrons. The molecule has 4 rings (SSSR count). The van der Waals surface area contributed by atoms with E-state index in [1.165, 1.54) is 42.8 Å². The molecule has 1 aromatic carbocycles. The van der Waals surface area contributed by atoms with Gasteiger partial charge in [-0.3, -0.25) is 4.90 Å². The maximum absolute atomic E-state index is 6.02. The Morgan fingerprint density at radius 3 is 2.75 bits per heavy atom. The van der Waals surface area contributed by atoms with E-state index in [0.717, 1.165) is 30.0 Å². The summed E-state index contributed by atoms with van der Waals surface area (Å²) >= 11 is 0. The minimum atomic E-state index is 0.782. The lowest BCUT2D eigenvalue weighted by atomic mass is 10.1. The zero-order chi connectivity index (χ0) is 16.5. The quantitative estimate of drug-likeness (QED) is 0.801. The van der Waals surface area contributed by atoms with E-state index in [4.69, 9.17) is 10.7 Å². The van der Waals surface area contributed by atoms with Crippen molar-refractivity contribution in [2.45, 2.75) is 32.7 Å². The lowest BCUT2D eigenvalue weighted by molar-refractivity contribution is 0.325. The highest BCUT2D eigenvalue weighted by Crippen LogP contribution is 2.22. The molecule has 0 atom stereocenters. The van der Waals surface area contributed by atoms with Crippen LogP contribution in [0.3, 0.4) is 0 Å². The third-order valence-corrected chi connectivity index (χ3v) is 4.85. The molecule has 24 heavy (non-hydrogen) atoms. The first-order chi connectivity index (χ1) is 11.7. The molecular formula is C20H24N4. The number of fused-ring (bicyclic) bond motifs is 1. The van der Waals surface area contributed by atoms with Gasteiger partial charge in [-0.05, 0) is 50.6 Å². The van der Waals surface area contributed by atoms with Gasteiger partial charge in [-0.25, -0.2) is 4.98 Å². The molecule has 1 aliphatic rings. The number of likely N-dealkylation sites (tertiary alicyclic amines) is 1. The van der Waals surface area contributed by atoms with Gasteiger partial charge in [0.1, 0.15) is 5.65 Å². The summed E-state index contributed by atoms with van der Waals surface area (Å²) < 4.78 is 2.18. The average Bonchev–Trinajstić information content (AvgIpc) is 3.17. The number of hydrogen-bond donors (Lipinski definition) is 1. The molecule has 4 heteroatoms. The number of anilines is 1. The van der Waals surface area contributed by atoms with Crippen LogP contribution in [-0.2, 0) is 13.0 Å². The van der Waals surface area contributed by atoms with Crippen LogP contribution in [0.1, 0.15) is 35.4 Å². The summed E-state index contributed by atoms with van der Waals surface area (Å²) in [6.07, 6.45) is 5.47. The van der Waals surface area contributed by atoms with Crippen LogP contribution in [0, 0.1) is 6.92 Å². The van der Waals surface area contributed by atoms with Gasteiger partial charge in [0.05, 0.1) is 11.4 Å². The number of nitrogens with zero attached hydrogens (tertiary/aromatic N) is 3. The Hall–Kier alpha value is -2.33. The van der Waals surface area contributed by atoms with E-state index in [1.807, 2.05) is 18.3 Å². The van der Waals surface area contributed by atoms with E-state index < -0.39 is 0 Å². The van der Waals surface area contributed by atoms with Gasteiger partial charge in [0.15, 0.2) is 0 Å². The summed E-state index contributed by atoms with van der Waals surface area (Å²) in [5.41, 5.74) is 12.8. The normalized spacial score (nSPS) is 15.4. The Labute approximate surface area is 142 Å². The van der Waals surface area contributed by atoms with E-state index >= 15 is 0 Å². The molecule has 2 aromatic heterocycles. The molecule has 1 aliphatic heterocycles. The van der Waals surface area contributed by atoms with Gasteiger partial charge in [0.25, 0.3) is 0 Å². The molecular weight excluding hydrogens is 296 g/mol. The number of pyridine rings is 1. The lowest BCUT2D eigenvalue weighted by Crippen LogP contribution is -2.20. The third-order valence-electron chi connectivity index (χ3n) is 4.85. The molecule has 3 aromatic rings. The van der Waals surface area contributed by atoms with Crippen LogP contribution in [0.2, 0.25) is 0 Å². The van der Waals surface area contributed by atoms with Crippen molar-refractivity contribution in [1.29, 1.82) is 0 Å². The van der Waals surface area contributed by atoms with Crippen LogP contribution in [0.15, 0.2) is 42.6 Å². The molecule has 1 fully saturated rings. The smallest absolute Gasteiger partial charge is 0.137 e. The minimum Gasteiger partial charge on any atom is -0.398 e. The molecule has 0 unspecified atom stereocenters. The van der Waals surface area contributed by atoms with Gasteiger partial charge in [-0.15, -0.1) is 0 Å². The lowest BCUT2D eigenvalue weighted by Gasteiger charge is -2.15. The largest absolute Gasteiger partial charge is 0.398 e. The van der Waals surface area contributed by atoms with E-state index in [0.29, 0.717) is 0 Å². The topological polar surface area (TPSA) is 46.6 Å². The molecule has 0 amide bonds. The Bertz CT molecular complexity index is 859. The molecule has 0 spiro atoms. The summed E-state index contributed by atoms with van der Waals surface area (Å²) in [5, 5.41) is 0. The highest BCUT2D eigenvalue weighted by molar-refractivity contribution is 5.51. The fraction of sp³-hybridized carbons (Fsp3) is 0.350.